The summed E-state index contributed by atoms with van der Waals surface area (Å²) in [6.45, 7) is 4.44. The highest BCUT2D eigenvalue weighted by molar-refractivity contribution is 7.08. The largest absolute Gasteiger partial charge is 0.444 e. The van der Waals surface area contributed by atoms with Crippen molar-refractivity contribution < 1.29 is 9.53 Å². The molecule has 0 radical (unpaired) electrons. The highest BCUT2D eigenvalue weighted by Gasteiger charge is 2.11. The molecule has 0 aliphatic rings. The lowest BCUT2D eigenvalue weighted by atomic mass is 10.0. The Kier molecular flexibility index (Phi) is 6.84. The summed E-state index contributed by atoms with van der Waals surface area (Å²) in [5, 5.41) is 4.12. The van der Waals surface area contributed by atoms with Gasteiger partial charge in [0.2, 0.25) is 0 Å². The molecule has 1 heterocycles. The van der Waals surface area contributed by atoms with Gasteiger partial charge in [0.25, 0.3) is 0 Å². The van der Waals surface area contributed by atoms with Gasteiger partial charge in [-0.1, -0.05) is 56.3 Å². The molecule has 0 bridgehead atoms. The Bertz CT molecular complexity index is 609. The van der Waals surface area contributed by atoms with Crippen LogP contribution in [0.25, 0.3) is 6.08 Å². The van der Waals surface area contributed by atoms with E-state index in [1.54, 1.807) is 11.3 Å². The molecule has 4 nitrogen and oxygen atoms in total. The van der Waals surface area contributed by atoms with Crippen LogP contribution >= 0.6 is 11.3 Å². The van der Waals surface area contributed by atoms with Crippen LogP contribution in [0, 0.1) is 5.92 Å². The molecule has 1 amide bonds. The quantitative estimate of drug-likeness (QED) is 0.748. The maximum Gasteiger partial charge on any atom is 0.421 e. The van der Waals surface area contributed by atoms with Gasteiger partial charge < -0.3 is 4.74 Å². The molecule has 0 saturated carbocycles. The van der Waals surface area contributed by atoms with E-state index in [1.165, 1.54) is 0 Å². The van der Waals surface area contributed by atoms with Gasteiger partial charge >= 0.3 is 6.09 Å². The summed E-state index contributed by atoms with van der Waals surface area (Å²) in [5.41, 5.74) is 7.73. The number of carbonyl (C=O) groups is 1. The first-order chi connectivity index (χ1) is 11.1. The molecule has 0 aliphatic heterocycles. The predicted octanol–water partition coefficient (Wildman–Crippen LogP) is 4.22. The first kappa shape index (κ1) is 17.2. The molecule has 5 heteroatoms. The Morgan fingerprint density at radius 2 is 2.04 bits per heavy atom. The highest BCUT2D eigenvalue weighted by Crippen LogP contribution is 2.10. The van der Waals surface area contributed by atoms with Gasteiger partial charge in [-0.15, -0.1) is 0 Å². The SMILES string of the molecule is CC(C)[C@H](/C=C/c1ccsc1)NNC(=O)OCc1ccccc1. The van der Waals surface area contributed by atoms with E-state index in [2.05, 4.69) is 36.1 Å². The third-order valence-corrected chi connectivity index (χ3v) is 4.01. The predicted molar refractivity (Wildman–Crippen MR) is 94.9 cm³/mol. The fraction of sp³-hybridized carbons (Fsp3) is 0.278. The fourth-order valence-electron chi connectivity index (χ4n) is 1.92. The number of benzene rings is 1. The summed E-state index contributed by atoms with van der Waals surface area (Å²) < 4.78 is 5.17. The first-order valence-corrected chi connectivity index (χ1v) is 8.52. The maximum atomic E-state index is 11.8. The van der Waals surface area contributed by atoms with Crippen molar-refractivity contribution in [3.8, 4) is 0 Å². The molecule has 0 aliphatic carbocycles. The zero-order valence-electron chi connectivity index (χ0n) is 13.4. The average Bonchev–Trinajstić information content (AvgIpc) is 3.07. The van der Waals surface area contributed by atoms with Gasteiger partial charge in [-0.25, -0.2) is 10.2 Å². The first-order valence-electron chi connectivity index (χ1n) is 7.58. The molecule has 0 spiro atoms. The third-order valence-electron chi connectivity index (χ3n) is 3.31. The van der Waals surface area contributed by atoms with Crippen LogP contribution in [-0.4, -0.2) is 12.1 Å². The summed E-state index contributed by atoms with van der Waals surface area (Å²) in [7, 11) is 0. The summed E-state index contributed by atoms with van der Waals surface area (Å²) >= 11 is 1.66. The highest BCUT2D eigenvalue weighted by atomic mass is 32.1. The molecule has 2 aromatic rings. The number of hydrazine groups is 1. The van der Waals surface area contributed by atoms with E-state index < -0.39 is 6.09 Å². The Balaban J connectivity index is 1.78. The summed E-state index contributed by atoms with van der Waals surface area (Å²) in [6.07, 6.45) is 3.61. The van der Waals surface area contributed by atoms with Gasteiger partial charge in [0.05, 0.1) is 0 Å². The van der Waals surface area contributed by atoms with Crippen molar-refractivity contribution in [2.24, 2.45) is 5.92 Å². The maximum absolute atomic E-state index is 11.8. The third kappa shape index (κ3) is 6.26. The molecule has 1 aromatic heterocycles. The van der Waals surface area contributed by atoms with Gasteiger partial charge in [0, 0.05) is 6.04 Å². The minimum absolute atomic E-state index is 0.0270. The van der Waals surface area contributed by atoms with Gasteiger partial charge in [-0.05, 0) is 33.9 Å². The second-order valence-corrected chi connectivity index (χ2v) is 6.30. The Morgan fingerprint density at radius 3 is 2.70 bits per heavy atom. The number of nitrogens with one attached hydrogen (secondary N) is 2. The second kappa shape index (κ2) is 9.12. The van der Waals surface area contributed by atoms with E-state index in [9.17, 15) is 4.79 Å². The number of hydrogen-bond acceptors (Lipinski definition) is 4. The lowest BCUT2D eigenvalue weighted by molar-refractivity contribution is 0.132. The monoisotopic (exact) mass is 330 g/mol. The van der Waals surface area contributed by atoms with Crippen molar-refractivity contribution in [3.05, 3.63) is 64.4 Å². The molecular weight excluding hydrogens is 308 g/mol. The smallest absolute Gasteiger partial charge is 0.421 e. The van der Waals surface area contributed by atoms with Crippen LogP contribution in [0.2, 0.25) is 0 Å². The number of rotatable bonds is 7. The number of ether oxygens (including phenoxy) is 1. The van der Waals surface area contributed by atoms with Gasteiger partial charge in [-0.2, -0.15) is 11.3 Å². The van der Waals surface area contributed by atoms with E-state index in [4.69, 9.17) is 4.74 Å². The Labute approximate surface area is 141 Å². The van der Waals surface area contributed by atoms with Crippen LogP contribution in [-0.2, 0) is 11.3 Å². The topological polar surface area (TPSA) is 50.4 Å². The molecule has 0 fully saturated rings. The molecule has 2 N–H and O–H groups in total. The van der Waals surface area contributed by atoms with E-state index >= 15 is 0 Å². The number of hydrogen-bond donors (Lipinski definition) is 2. The van der Waals surface area contributed by atoms with E-state index in [0.717, 1.165) is 11.1 Å². The van der Waals surface area contributed by atoms with Crippen LogP contribution in [0.4, 0.5) is 4.79 Å². The van der Waals surface area contributed by atoms with Crippen molar-refractivity contribution >= 4 is 23.5 Å². The number of carbonyl (C=O) groups excluding carboxylic acids is 1. The molecule has 2 rings (SSSR count). The van der Waals surface area contributed by atoms with Crippen molar-refractivity contribution in [2.45, 2.75) is 26.5 Å². The molecule has 23 heavy (non-hydrogen) atoms. The van der Waals surface area contributed by atoms with Crippen LogP contribution in [0.1, 0.15) is 25.0 Å². The summed E-state index contributed by atoms with van der Waals surface area (Å²) in [4.78, 5) is 11.8. The molecule has 0 saturated heterocycles. The van der Waals surface area contributed by atoms with E-state index in [-0.39, 0.29) is 12.6 Å². The van der Waals surface area contributed by atoms with Gasteiger partial charge in [0.1, 0.15) is 6.61 Å². The number of amides is 1. The Hall–Kier alpha value is -2.11. The van der Waals surface area contributed by atoms with Crippen molar-refractivity contribution in [3.63, 3.8) is 0 Å². The number of thiophene rings is 1. The van der Waals surface area contributed by atoms with Crippen LogP contribution in [0.3, 0.4) is 0 Å². The Morgan fingerprint density at radius 1 is 1.26 bits per heavy atom. The minimum Gasteiger partial charge on any atom is -0.444 e. The molecule has 1 atom stereocenters. The standard InChI is InChI=1S/C18H22N2O2S/c1-14(2)17(9-8-16-10-11-23-13-16)19-20-18(21)22-12-15-6-4-3-5-7-15/h3-11,13-14,17,19H,12H2,1-2H3,(H,20,21)/b9-8+/t17-/m0/s1. The van der Waals surface area contributed by atoms with E-state index in [1.807, 2.05) is 47.9 Å². The van der Waals surface area contributed by atoms with E-state index in [0.29, 0.717) is 5.92 Å². The van der Waals surface area contributed by atoms with Crippen molar-refractivity contribution in [1.29, 1.82) is 0 Å². The van der Waals surface area contributed by atoms with Crippen molar-refractivity contribution in [2.75, 3.05) is 0 Å². The molecule has 0 unspecified atom stereocenters. The fourth-order valence-corrected chi connectivity index (χ4v) is 2.55. The molecule has 122 valence electrons. The summed E-state index contributed by atoms with van der Waals surface area (Å²) in [6, 6.07) is 11.7. The average molecular weight is 330 g/mol. The molecule has 1 aromatic carbocycles. The summed E-state index contributed by atoms with van der Waals surface area (Å²) in [5.74, 6) is 0.333. The zero-order chi connectivity index (χ0) is 16.5. The minimum atomic E-state index is -0.483. The normalized spacial score (nSPS) is 12.5. The lowest BCUT2D eigenvalue weighted by Gasteiger charge is -2.19. The lowest BCUT2D eigenvalue weighted by Crippen LogP contribution is -2.45. The second-order valence-electron chi connectivity index (χ2n) is 5.52. The zero-order valence-corrected chi connectivity index (χ0v) is 14.2. The van der Waals surface area contributed by atoms with Crippen LogP contribution in [0.15, 0.2) is 53.2 Å². The van der Waals surface area contributed by atoms with Gasteiger partial charge in [0.15, 0.2) is 0 Å². The van der Waals surface area contributed by atoms with Crippen LogP contribution < -0.4 is 10.9 Å². The van der Waals surface area contributed by atoms with Crippen molar-refractivity contribution in [1.82, 2.24) is 10.9 Å². The van der Waals surface area contributed by atoms with Gasteiger partial charge in [-0.3, -0.25) is 5.43 Å². The van der Waals surface area contributed by atoms with Crippen LogP contribution in [0.5, 0.6) is 0 Å². The molecular formula is C18H22N2O2S.